The summed E-state index contributed by atoms with van der Waals surface area (Å²) in [6, 6.07) is 0. The number of epoxide rings is 1. The Morgan fingerprint density at radius 2 is 2.08 bits per heavy atom. The highest BCUT2D eigenvalue weighted by molar-refractivity contribution is 6.83. The molecular formula is C10H16OSi. The van der Waals surface area contributed by atoms with Crippen LogP contribution in [0.3, 0.4) is 0 Å². The summed E-state index contributed by atoms with van der Waals surface area (Å²) < 4.78 is 5.38. The lowest BCUT2D eigenvalue weighted by Gasteiger charge is -2.02. The molecule has 0 radical (unpaired) electrons. The van der Waals surface area contributed by atoms with Crippen molar-refractivity contribution in [2.75, 3.05) is 0 Å². The third kappa shape index (κ3) is 2.23. The van der Waals surface area contributed by atoms with Crippen LogP contribution in [0, 0.1) is 11.5 Å². The Morgan fingerprint density at radius 3 is 2.42 bits per heavy atom. The van der Waals surface area contributed by atoms with Crippen LogP contribution in [0.2, 0.25) is 19.6 Å². The van der Waals surface area contributed by atoms with Crippen LogP contribution in [0.1, 0.15) is 6.92 Å². The van der Waals surface area contributed by atoms with Crippen molar-refractivity contribution in [1.29, 1.82) is 0 Å². The average Bonchev–Trinajstić information content (AvgIpc) is 2.58. The lowest BCUT2D eigenvalue weighted by atomic mass is 10.1. The molecule has 2 unspecified atom stereocenters. The largest absolute Gasteiger partial charge is 0.348 e. The Morgan fingerprint density at radius 1 is 1.50 bits per heavy atom. The van der Waals surface area contributed by atoms with Gasteiger partial charge in [-0.2, -0.15) is 0 Å². The third-order valence-electron chi connectivity index (χ3n) is 1.82. The molecular weight excluding hydrogens is 164 g/mol. The van der Waals surface area contributed by atoms with E-state index in [0.717, 1.165) is 0 Å². The first-order valence-corrected chi connectivity index (χ1v) is 7.71. The van der Waals surface area contributed by atoms with Crippen LogP contribution in [0.15, 0.2) is 12.7 Å². The van der Waals surface area contributed by atoms with Gasteiger partial charge in [0, 0.05) is 0 Å². The van der Waals surface area contributed by atoms with Gasteiger partial charge in [0.2, 0.25) is 0 Å². The molecule has 0 aromatic carbocycles. The summed E-state index contributed by atoms with van der Waals surface area (Å²) in [5.74, 6) is 3.16. The van der Waals surface area contributed by atoms with E-state index in [4.69, 9.17) is 4.74 Å². The second-order valence-electron chi connectivity index (χ2n) is 4.41. The Hall–Kier alpha value is -0.523. The smallest absolute Gasteiger partial charge is 0.151 e. The van der Waals surface area contributed by atoms with E-state index in [1.807, 2.05) is 13.0 Å². The summed E-state index contributed by atoms with van der Waals surface area (Å²) in [5, 5.41) is 0. The fourth-order valence-electron chi connectivity index (χ4n) is 0.830. The minimum atomic E-state index is -1.23. The van der Waals surface area contributed by atoms with Crippen LogP contribution < -0.4 is 0 Å². The minimum Gasteiger partial charge on any atom is -0.348 e. The SMILES string of the molecule is C=CC1(C)OC1C#C[Si](C)(C)C. The van der Waals surface area contributed by atoms with Crippen molar-refractivity contribution >= 4 is 8.07 Å². The summed E-state index contributed by atoms with van der Waals surface area (Å²) >= 11 is 0. The molecule has 0 aliphatic carbocycles. The molecule has 0 saturated carbocycles. The maximum atomic E-state index is 5.38. The van der Waals surface area contributed by atoms with Gasteiger partial charge in [-0.05, 0) is 6.92 Å². The molecule has 2 heteroatoms. The number of rotatable bonds is 1. The number of ether oxygens (including phenoxy) is 1. The average molecular weight is 180 g/mol. The lowest BCUT2D eigenvalue weighted by Crippen LogP contribution is -2.17. The van der Waals surface area contributed by atoms with Crippen LogP contribution >= 0.6 is 0 Å². The zero-order valence-corrected chi connectivity index (χ0v) is 9.27. The molecule has 0 spiro atoms. The van der Waals surface area contributed by atoms with E-state index in [-0.39, 0.29) is 11.7 Å². The van der Waals surface area contributed by atoms with E-state index >= 15 is 0 Å². The molecule has 1 nitrogen and oxygen atoms in total. The van der Waals surface area contributed by atoms with Crippen molar-refractivity contribution < 1.29 is 4.74 Å². The Balaban J connectivity index is 2.55. The Labute approximate surface area is 75.8 Å². The maximum absolute atomic E-state index is 5.38. The standard InChI is InChI=1S/C10H16OSi/c1-6-10(2)9(11-10)7-8-12(3,4)5/h6,9H,1H2,2-5H3. The van der Waals surface area contributed by atoms with Crippen LogP contribution in [0.25, 0.3) is 0 Å². The molecule has 0 amide bonds. The van der Waals surface area contributed by atoms with Crippen molar-refractivity contribution in [1.82, 2.24) is 0 Å². The van der Waals surface area contributed by atoms with Crippen molar-refractivity contribution in [2.24, 2.45) is 0 Å². The maximum Gasteiger partial charge on any atom is 0.151 e. The molecule has 1 rings (SSSR count). The molecule has 12 heavy (non-hydrogen) atoms. The van der Waals surface area contributed by atoms with Gasteiger partial charge in [-0.1, -0.05) is 31.6 Å². The molecule has 1 aliphatic rings. The van der Waals surface area contributed by atoms with Crippen molar-refractivity contribution in [3.8, 4) is 11.5 Å². The second kappa shape index (κ2) is 2.76. The quantitative estimate of drug-likeness (QED) is 0.261. The fourth-order valence-corrected chi connectivity index (χ4v) is 1.39. The summed E-state index contributed by atoms with van der Waals surface area (Å²) in [6.45, 7) is 12.4. The van der Waals surface area contributed by atoms with Gasteiger partial charge in [-0.25, -0.2) is 0 Å². The highest BCUT2D eigenvalue weighted by atomic mass is 28.3. The highest BCUT2D eigenvalue weighted by Crippen LogP contribution is 2.36. The van der Waals surface area contributed by atoms with Gasteiger partial charge in [0.25, 0.3) is 0 Å². The first kappa shape index (κ1) is 9.56. The van der Waals surface area contributed by atoms with Crippen molar-refractivity contribution in [3.05, 3.63) is 12.7 Å². The van der Waals surface area contributed by atoms with Gasteiger partial charge in [-0.15, -0.1) is 12.1 Å². The Bertz CT molecular complexity index is 253. The topological polar surface area (TPSA) is 12.5 Å². The highest BCUT2D eigenvalue weighted by Gasteiger charge is 2.48. The van der Waals surface area contributed by atoms with E-state index in [2.05, 4.69) is 37.7 Å². The Kier molecular flexibility index (Phi) is 2.20. The molecule has 1 aliphatic heterocycles. The predicted molar refractivity (Wildman–Crippen MR) is 54.6 cm³/mol. The lowest BCUT2D eigenvalue weighted by molar-refractivity contribution is 0.358. The minimum absolute atomic E-state index is 0.0988. The van der Waals surface area contributed by atoms with E-state index in [1.54, 1.807) is 0 Å². The molecule has 0 N–H and O–H groups in total. The molecule has 66 valence electrons. The van der Waals surface area contributed by atoms with Gasteiger partial charge in [0.1, 0.15) is 13.7 Å². The monoisotopic (exact) mass is 180 g/mol. The number of hydrogen-bond acceptors (Lipinski definition) is 1. The third-order valence-corrected chi connectivity index (χ3v) is 2.71. The molecule has 2 atom stereocenters. The van der Waals surface area contributed by atoms with Gasteiger partial charge in [0.05, 0.1) is 0 Å². The van der Waals surface area contributed by atoms with E-state index in [9.17, 15) is 0 Å². The molecule has 0 aromatic heterocycles. The number of hydrogen-bond donors (Lipinski definition) is 0. The molecule has 0 aromatic rings. The summed E-state index contributed by atoms with van der Waals surface area (Å²) in [4.78, 5) is 0. The molecule has 1 heterocycles. The van der Waals surface area contributed by atoms with Gasteiger partial charge in [-0.3, -0.25) is 0 Å². The first-order valence-electron chi connectivity index (χ1n) is 4.21. The second-order valence-corrected chi connectivity index (χ2v) is 9.16. The van der Waals surface area contributed by atoms with Crippen LogP contribution in [0.4, 0.5) is 0 Å². The zero-order valence-electron chi connectivity index (χ0n) is 8.27. The summed E-state index contributed by atoms with van der Waals surface area (Å²) in [5.41, 5.74) is 3.13. The molecule has 1 fully saturated rings. The molecule has 0 bridgehead atoms. The van der Waals surface area contributed by atoms with E-state index < -0.39 is 8.07 Å². The van der Waals surface area contributed by atoms with E-state index in [0.29, 0.717) is 0 Å². The van der Waals surface area contributed by atoms with Gasteiger partial charge < -0.3 is 4.74 Å². The van der Waals surface area contributed by atoms with E-state index in [1.165, 1.54) is 0 Å². The normalized spacial score (nSPS) is 33.5. The summed E-state index contributed by atoms with van der Waals surface area (Å²) in [7, 11) is -1.23. The zero-order chi connectivity index (χ0) is 9.41. The van der Waals surface area contributed by atoms with Crippen molar-refractivity contribution in [3.63, 3.8) is 0 Å². The fraction of sp³-hybridized carbons (Fsp3) is 0.600. The van der Waals surface area contributed by atoms with Crippen LogP contribution in [-0.4, -0.2) is 19.8 Å². The first-order chi connectivity index (χ1) is 5.37. The predicted octanol–water partition coefficient (Wildman–Crippen LogP) is 2.21. The molecule has 1 saturated heterocycles. The van der Waals surface area contributed by atoms with Gasteiger partial charge >= 0.3 is 0 Å². The van der Waals surface area contributed by atoms with Crippen molar-refractivity contribution in [2.45, 2.75) is 38.3 Å². The van der Waals surface area contributed by atoms with Crippen LogP contribution in [0.5, 0.6) is 0 Å². The summed E-state index contributed by atoms with van der Waals surface area (Å²) in [6.07, 6.45) is 1.93. The van der Waals surface area contributed by atoms with Gasteiger partial charge in [0.15, 0.2) is 6.10 Å². The van der Waals surface area contributed by atoms with Crippen LogP contribution in [-0.2, 0) is 4.74 Å².